The van der Waals surface area contributed by atoms with Gasteiger partial charge in [-0.1, -0.05) is 48.5 Å². The van der Waals surface area contributed by atoms with Crippen LogP contribution < -0.4 is 20.1 Å². The number of fused-ring (bicyclic) bond motifs is 1. The smallest absolute Gasteiger partial charge is 0.275 e. The monoisotopic (exact) mass is 451 g/mol. The lowest BCUT2D eigenvalue weighted by Crippen LogP contribution is -2.30. The number of ether oxygens (including phenoxy) is 2. The molecule has 0 saturated carbocycles. The highest BCUT2D eigenvalue weighted by molar-refractivity contribution is 6.37. The van der Waals surface area contributed by atoms with Gasteiger partial charge < -0.3 is 19.8 Å². The van der Waals surface area contributed by atoms with Gasteiger partial charge in [0.1, 0.15) is 23.8 Å². The summed E-state index contributed by atoms with van der Waals surface area (Å²) in [6.45, 7) is 0.379. The van der Waals surface area contributed by atoms with Crippen molar-refractivity contribution in [2.24, 2.45) is 0 Å². The van der Waals surface area contributed by atoms with E-state index >= 15 is 0 Å². The Morgan fingerprint density at radius 2 is 1.68 bits per heavy atom. The summed E-state index contributed by atoms with van der Waals surface area (Å²) in [6.07, 6.45) is 1.77. The number of para-hydroxylation sites is 1. The molecule has 2 amide bonds. The molecule has 0 bridgehead atoms. The maximum Gasteiger partial charge on any atom is 0.275 e. The van der Waals surface area contributed by atoms with Gasteiger partial charge in [0.2, 0.25) is 0 Å². The Bertz CT molecular complexity index is 1490. The predicted octanol–water partition coefficient (Wildman–Crippen LogP) is 3.82. The zero-order chi connectivity index (χ0) is 23.2. The van der Waals surface area contributed by atoms with Crippen molar-refractivity contribution in [3.8, 4) is 11.5 Å². The maximum absolute atomic E-state index is 12.8. The standard InChI is InChI=1S/C27H21N3O4/c1-33-19-10-6-5-9-16(19)24-23-20(34-14-15-7-3-2-4-8-15)12-11-18-21(23)17(13-28-18)22-25(29-24)27(32)30-26(22)31/h2-13,24,28-29H,14H2,1H3,(H,30,31,32). The van der Waals surface area contributed by atoms with Crippen LogP contribution >= 0.6 is 0 Å². The van der Waals surface area contributed by atoms with Crippen LogP contribution in [0.3, 0.4) is 0 Å². The molecule has 0 spiro atoms. The van der Waals surface area contributed by atoms with Gasteiger partial charge in [-0.15, -0.1) is 0 Å². The number of aromatic nitrogens is 1. The average Bonchev–Trinajstić information content (AvgIpc) is 3.35. The number of aromatic amines is 1. The van der Waals surface area contributed by atoms with Crippen LogP contribution in [-0.4, -0.2) is 23.9 Å². The second-order valence-corrected chi connectivity index (χ2v) is 8.23. The highest BCUT2D eigenvalue weighted by Crippen LogP contribution is 2.45. The van der Waals surface area contributed by atoms with Crippen LogP contribution in [0.2, 0.25) is 0 Å². The van der Waals surface area contributed by atoms with Gasteiger partial charge in [-0.3, -0.25) is 14.9 Å². The molecule has 3 N–H and O–H groups in total. The van der Waals surface area contributed by atoms with Gasteiger partial charge in [-0.05, 0) is 23.8 Å². The van der Waals surface area contributed by atoms with E-state index in [0.717, 1.165) is 27.6 Å². The fraction of sp³-hybridized carbons (Fsp3) is 0.111. The first-order valence-corrected chi connectivity index (χ1v) is 11.0. The van der Waals surface area contributed by atoms with E-state index in [1.54, 1.807) is 13.3 Å². The number of hydrogen-bond acceptors (Lipinski definition) is 5. The third kappa shape index (κ3) is 3.05. The van der Waals surface area contributed by atoms with Crippen LogP contribution in [0.1, 0.15) is 28.3 Å². The number of hydrogen-bond donors (Lipinski definition) is 3. The minimum Gasteiger partial charge on any atom is -0.496 e. The van der Waals surface area contributed by atoms with Gasteiger partial charge in [-0.25, -0.2) is 0 Å². The minimum atomic E-state index is -0.496. The molecule has 6 rings (SSSR count). The molecule has 3 aromatic carbocycles. The lowest BCUT2D eigenvalue weighted by molar-refractivity contribution is -0.123. The highest BCUT2D eigenvalue weighted by Gasteiger charge is 2.39. The number of amides is 2. The van der Waals surface area contributed by atoms with Gasteiger partial charge in [0.05, 0.1) is 18.7 Å². The Morgan fingerprint density at radius 1 is 0.882 bits per heavy atom. The second kappa shape index (κ2) is 7.81. The van der Waals surface area contributed by atoms with Crippen molar-refractivity contribution < 1.29 is 19.1 Å². The first-order chi connectivity index (χ1) is 16.7. The number of rotatable bonds is 5. The number of H-pyrrole nitrogens is 1. The topological polar surface area (TPSA) is 92.5 Å². The second-order valence-electron chi connectivity index (χ2n) is 8.23. The summed E-state index contributed by atoms with van der Waals surface area (Å²) in [5, 5.41) is 6.61. The van der Waals surface area contributed by atoms with E-state index in [2.05, 4.69) is 15.6 Å². The summed E-state index contributed by atoms with van der Waals surface area (Å²) in [5.41, 5.74) is 4.79. The third-order valence-corrected chi connectivity index (χ3v) is 6.31. The van der Waals surface area contributed by atoms with E-state index in [9.17, 15) is 9.59 Å². The van der Waals surface area contributed by atoms with Gasteiger partial charge in [0.15, 0.2) is 0 Å². The first kappa shape index (κ1) is 20.1. The largest absolute Gasteiger partial charge is 0.496 e. The summed E-state index contributed by atoms with van der Waals surface area (Å²) in [7, 11) is 1.61. The Morgan fingerprint density at radius 3 is 2.50 bits per heavy atom. The quantitative estimate of drug-likeness (QED) is 0.401. The summed E-state index contributed by atoms with van der Waals surface area (Å²) in [6, 6.07) is 20.9. The van der Waals surface area contributed by atoms with Crippen molar-refractivity contribution in [1.82, 2.24) is 15.6 Å². The summed E-state index contributed by atoms with van der Waals surface area (Å²) >= 11 is 0. The van der Waals surface area contributed by atoms with E-state index < -0.39 is 17.9 Å². The van der Waals surface area contributed by atoms with Crippen molar-refractivity contribution in [2.45, 2.75) is 12.6 Å². The zero-order valence-corrected chi connectivity index (χ0v) is 18.3. The van der Waals surface area contributed by atoms with Gasteiger partial charge >= 0.3 is 0 Å². The number of benzene rings is 3. The van der Waals surface area contributed by atoms with Crippen molar-refractivity contribution in [3.63, 3.8) is 0 Å². The molecule has 1 aromatic heterocycles. The minimum absolute atomic E-state index is 0.243. The number of methoxy groups -OCH3 is 1. The normalized spacial score (nSPS) is 16.7. The van der Waals surface area contributed by atoms with Crippen LogP contribution in [0.4, 0.5) is 0 Å². The first-order valence-electron chi connectivity index (χ1n) is 11.0. The lowest BCUT2D eigenvalue weighted by Gasteiger charge is -2.25. The molecule has 2 aliphatic rings. The maximum atomic E-state index is 12.8. The Labute approximate surface area is 195 Å². The number of carbonyl (C=O) groups excluding carboxylic acids is 2. The van der Waals surface area contributed by atoms with E-state index in [4.69, 9.17) is 9.47 Å². The predicted molar refractivity (Wildman–Crippen MR) is 127 cm³/mol. The molecule has 2 aliphatic heterocycles. The molecule has 0 radical (unpaired) electrons. The molecule has 34 heavy (non-hydrogen) atoms. The lowest BCUT2D eigenvalue weighted by atomic mass is 9.92. The molecule has 0 fully saturated rings. The summed E-state index contributed by atoms with van der Waals surface area (Å²) in [4.78, 5) is 28.8. The Kier molecular flexibility index (Phi) is 4.62. The molecule has 7 heteroatoms. The van der Waals surface area contributed by atoms with Gasteiger partial charge in [0, 0.05) is 33.8 Å². The van der Waals surface area contributed by atoms with E-state index in [0.29, 0.717) is 29.2 Å². The van der Waals surface area contributed by atoms with E-state index in [-0.39, 0.29) is 5.70 Å². The molecule has 1 unspecified atom stereocenters. The fourth-order valence-corrected chi connectivity index (χ4v) is 4.78. The number of imide groups is 1. The summed E-state index contributed by atoms with van der Waals surface area (Å²) in [5.74, 6) is 0.455. The van der Waals surface area contributed by atoms with E-state index in [1.807, 2.05) is 66.7 Å². The zero-order valence-electron chi connectivity index (χ0n) is 18.3. The third-order valence-electron chi connectivity index (χ3n) is 6.31. The molecule has 3 heterocycles. The fourth-order valence-electron chi connectivity index (χ4n) is 4.78. The average molecular weight is 451 g/mol. The van der Waals surface area contributed by atoms with E-state index in [1.165, 1.54) is 0 Å². The van der Waals surface area contributed by atoms with Gasteiger partial charge in [0.25, 0.3) is 11.8 Å². The van der Waals surface area contributed by atoms with Crippen LogP contribution in [0.15, 0.2) is 78.6 Å². The van der Waals surface area contributed by atoms with Crippen LogP contribution in [0, 0.1) is 0 Å². The molecular weight excluding hydrogens is 430 g/mol. The number of nitrogens with one attached hydrogen (secondary N) is 3. The molecule has 7 nitrogen and oxygen atoms in total. The summed E-state index contributed by atoms with van der Waals surface area (Å²) < 4.78 is 12.0. The highest BCUT2D eigenvalue weighted by atomic mass is 16.5. The molecular formula is C27H21N3O4. The SMILES string of the molecule is COc1ccccc1C1NC2=C(C(=O)NC2=O)c2c[nH]c3ccc(OCc4ccccc4)c1c23. The van der Waals surface area contributed by atoms with Gasteiger partial charge in [-0.2, -0.15) is 0 Å². The number of carbonyl (C=O) groups is 2. The molecule has 0 saturated heterocycles. The molecule has 1 atom stereocenters. The van der Waals surface area contributed by atoms with Crippen molar-refractivity contribution in [1.29, 1.82) is 0 Å². The molecule has 4 aromatic rings. The van der Waals surface area contributed by atoms with Crippen LogP contribution in [0.5, 0.6) is 11.5 Å². The van der Waals surface area contributed by atoms with Crippen LogP contribution in [0.25, 0.3) is 16.5 Å². The van der Waals surface area contributed by atoms with Crippen molar-refractivity contribution in [2.75, 3.05) is 7.11 Å². The van der Waals surface area contributed by atoms with Crippen LogP contribution in [-0.2, 0) is 16.2 Å². The molecule has 168 valence electrons. The van der Waals surface area contributed by atoms with Crippen molar-refractivity contribution >= 4 is 28.3 Å². The van der Waals surface area contributed by atoms with Crippen molar-refractivity contribution in [3.05, 3.63) is 101 Å². The molecule has 0 aliphatic carbocycles. The Balaban J connectivity index is 1.59. The Hall–Kier alpha value is -4.52.